The molecule has 166 valence electrons. The van der Waals surface area contributed by atoms with Gasteiger partial charge in [-0.25, -0.2) is 4.98 Å². The second kappa shape index (κ2) is 8.59. The first-order chi connectivity index (χ1) is 16.0. The van der Waals surface area contributed by atoms with Crippen LogP contribution in [-0.2, 0) is 11.3 Å². The topological polar surface area (TPSA) is 103 Å². The molecule has 0 radical (unpaired) electrons. The molecule has 1 atom stereocenters. The number of rotatable bonds is 6. The number of ether oxygens (including phenoxy) is 1. The third-order valence-corrected chi connectivity index (χ3v) is 6.36. The van der Waals surface area contributed by atoms with Crippen molar-refractivity contribution in [3.63, 3.8) is 0 Å². The number of nitrogens with one attached hydrogen (secondary N) is 1. The van der Waals surface area contributed by atoms with Crippen LogP contribution in [0.2, 0.25) is 0 Å². The van der Waals surface area contributed by atoms with Crippen LogP contribution in [0.3, 0.4) is 0 Å². The predicted octanol–water partition coefficient (Wildman–Crippen LogP) is 3.73. The zero-order valence-electron chi connectivity index (χ0n) is 17.6. The fourth-order valence-corrected chi connectivity index (χ4v) is 4.60. The van der Waals surface area contributed by atoms with Crippen LogP contribution in [0, 0.1) is 0 Å². The highest BCUT2D eigenvalue weighted by Crippen LogP contribution is 2.31. The standard InChI is InChI=1S/C24H19N3O5S/c1-14(22(29)15-8-9-20-19(11-15)25-21(28)13-32-20)33-24-26-18-7-3-2-6-17(18)23(30)27(24)12-16-5-4-10-31-16/h2-11,14H,12-13H2,1H3,(H,25,28)/t14-/m0/s1. The summed E-state index contributed by atoms with van der Waals surface area (Å²) in [6.45, 7) is 1.92. The lowest BCUT2D eigenvalue weighted by Crippen LogP contribution is -2.26. The van der Waals surface area contributed by atoms with Gasteiger partial charge >= 0.3 is 0 Å². The number of Topliss-reactive ketones (excluding diaryl/α,β-unsaturated/α-hetero) is 1. The van der Waals surface area contributed by atoms with Gasteiger partial charge in [0.25, 0.3) is 11.5 Å². The number of thioether (sulfide) groups is 1. The fraction of sp³-hybridized carbons (Fsp3) is 0.167. The maximum atomic E-state index is 13.2. The minimum absolute atomic E-state index is 0.0482. The van der Waals surface area contributed by atoms with Crippen molar-refractivity contribution in [1.29, 1.82) is 0 Å². The van der Waals surface area contributed by atoms with Crippen LogP contribution >= 0.6 is 11.8 Å². The highest BCUT2D eigenvalue weighted by atomic mass is 32.2. The molecule has 1 aliphatic rings. The predicted molar refractivity (Wildman–Crippen MR) is 124 cm³/mol. The van der Waals surface area contributed by atoms with E-state index in [0.717, 1.165) is 0 Å². The van der Waals surface area contributed by atoms with Gasteiger partial charge in [-0.1, -0.05) is 23.9 Å². The molecule has 1 aliphatic heterocycles. The summed E-state index contributed by atoms with van der Waals surface area (Å²) in [5, 5.41) is 3.09. The van der Waals surface area contributed by atoms with Gasteiger partial charge in [0, 0.05) is 5.56 Å². The van der Waals surface area contributed by atoms with E-state index in [2.05, 4.69) is 10.3 Å². The SMILES string of the molecule is C[C@H](Sc1nc2ccccc2c(=O)n1Cc1ccco1)C(=O)c1ccc2c(c1)NC(=O)CO2. The molecule has 9 heteroatoms. The molecule has 8 nitrogen and oxygen atoms in total. The monoisotopic (exact) mass is 461 g/mol. The first-order valence-electron chi connectivity index (χ1n) is 10.3. The number of hydrogen-bond acceptors (Lipinski definition) is 7. The van der Waals surface area contributed by atoms with Crippen molar-refractivity contribution < 1.29 is 18.7 Å². The van der Waals surface area contributed by atoms with Crippen molar-refractivity contribution in [1.82, 2.24) is 9.55 Å². The van der Waals surface area contributed by atoms with E-state index in [1.807, 2.05) is 6.07 Å². The number of anilines is 1. The summed E-state index contributed by atoms with van der Waals surface area (Å²) < 4.78 is 12.3. The van der Waals surface area contributed by atoms with Crippen LogP contribution in [-0.4, -0.2) is 33.1 Å². The van der Waals surface area contributed by atoms with E-state index in [1.54, 1.807) is 61.7 Å². The minimum Gasteiger partial charge on any atom is -0.482 e. The number of furan rings is 1. The van der Waals surface area contributed by atoms with E-state index >= 15 is 0 Å². The maximum Gasteiger partial charge on any atom is 0.262 e. The van der Waals surface area contributed by atoms with Crippen LogP contribution < -0.4 is 15.6 Å². The zero-order valence-corrected chi connectivity index (χ0v) is 18.4. The Balaban J connectivity index is 1.48. The molecule has 2 aromatic heterocycles. The van der Waals surface area contributed by atoms with Crippen molar-refractivity contribution >= 4 is 40.0 Å². The second-order valence-electron chi connectivity index (χ2n) is 7.55. The van der Waals surface area contributed by atoms with E-state index in [0.29, 0.717) is 38.8 Å². The third kappa shape index (κ3) is 4.14. The molecule has 0 saturated heterocycles. The van der Waals surface area contributed by atoms with Crippen molar-refractivity contribution in [2.45, 2.75) is 23.9 Å². The van der Waals surface area contributed by atoms with Crippen molar-refractivity contribution in [3.8, 4) is 5.75 Å². The highest BCUT2D eigenvalue weighted by Gasteiger charge is 2.23. The Hall–Kier alpha value is -3.85. The van der Waals surface area contributed by atoms with Gasteiger partial charge < -0.3 is 14.5 Å². The number of nitrogens with zero attached hydrogens (tertiary/aromatic N) is 2. The number of aromatic nitrogens is 2. The van der Waals surface area contributed by atoms with E-state index < -0.39 is 5.25 Å². The molecule has 0 unspecified atom stereocenters. The Morgan fingerprint density at radius 2 is 2.03 bits per heavy atom. The normalized spacial score (nSPS) is 13.8. The minimum atomic E-state index is -0.542. The van der Waals surface area contributed by atoms with E-state index in [-0.39, 0.29) is 30.4 Å². The summed E-state index contributed by atoms with van der Waals surface area (Å²) in [7, 11) is 0. The van der Waals surface area contributed by atoms with Gasteiger partial charge in [-0.05, 0) is 49.4 Å². The molecule has 0 saturated carbocycles. The molecular formula is C24H19N3O5S. The second-order valence-corrected chi connectivity index (χ2v) is 8.86. The van der Waals surface area contributed by atoms with Gasteiger partial charge in [0.1, 0.15) is 11.5 Å². The Morgan fingerprint density at radius 1 is 1.18 bits per heavy atom. The summed E-state index contributed by atoms with van der Waals surface area (Å²) in [5.74, 6) is 0.710. The molecule has 5 rings (SSSR count). The van der Waals surface area contributed by atoms with Crippen LogP contribution in [0.5, 0.6) is 5.75 Å². The Kier molecular flexibility index (Phi) is 5.47. The average molecular weight is 461 g/mol. The largest absolute Gasteiger partial charge is 0.482 e. The van der Waals surface area contributed by atoms with Gasteiger partial charge in [0.2, 0.25) is 0 Å². The Morgan fingerprint density at radius 3 is 2.85 bits per heavy atom. The molecule has 3 heterocycles. The van der Waals surface area contributed by atoms with Crippen molar-refractivity contribution in [2.75, 3.05) is 11.9 Å². The quantitative estimate of drug-likeness (QED) is 0.265. The van der Waals surface area contributed by atoms with Crippen molar-refractivity contribution in [2.24, 2.45) is 0 Å². The lowest BCUT2D eigenvalue weighted by atomic mass is 10.1. The molecule has 0 aliphatic carbocycles. The van der Waals surface area contributed by atoms with Gasteiger partial charge in [0.05, 0.1) is 34.6 Å². The molecule has 2 aromatic carbocycles. The number of carbonyl (C=O) groups excluding carboxylic acids is 2. The smallest absolute Gasteiger partial charge is 0.262 e. The summed E-state index contributed by atoms with van der Waals surface area (Å²) in [4.78, 5) is 42.7. The van der Waals surface area contributed by atoms with Crippen LogP contribution in [0.1, 0.15) is 23.0 Å². The number of ketones is 1. The number of para-hydroxylation sites is 1. The number of benzene rings is 2. The van der Waals surface area contributed by atoms with Crippen LogP contribution in [0.25, 0.3) is 10.9 Å². The van der Waals surface area contributed by atoms with Crippen LogP contribution in [0.15, 0.2) is 75.2 Å². The Bertz CT molecular complexity index is 1430. The van der Waals surface area contributed by atoms with Gasteiger partial charge in [-0.3, -0.25) is 19.0 Å². The molecule has 0 spiro atoms. The highest BCUT2D eigenvalue weighted by molar-refractivity contribution is 8.00. The first-order valence-corrected chi connectivity index (χ1v) is 11.2. The Labute approximate surface area is 192 Å². The molecule has 0 bridgehead atoms. The van der Waals surface area contributed by atoms with E-state index in [4.69, 9.17) is 9.15 Å². The summed E-state index contributed by atoms with van der Waals surface area (Å²) >= 11 is 1.20. The van der Waals surface area contributed by atoms with Gasteiger partial charge in [-0.15, -0.1) is 0 Å². The molecule has 1 amide bonds. The first kappa shape index (κ1) is 21.0. The van der Waals surface area contributed by atoms with Crippen LogP contribution in [0.4, 0.5) is 5.69 Å². The summed E-state index contributed by atoms with van der Waals surface area (Å²) in [6.07, 6.45) is 1.55. The number of carbonyl (C=O) groups is 2. The van der Waals surface area contributed by atoms with Gasteiger partial charge in [-0.2, -0.15) is 0 Å². The lowest BCUT2D eigenvalue weighted by molar-refractivity contribution is -0.118. The van der Waals surface area contributed by atoms with E-state index in [1.165, 1.54) is 16.3 Å². The summed E-state index contributed by atoms with van der Waals surface area (Å²) in [6, 6.07) is 15.6. The molecule has 1 N–H and O–H groups in total. The third-order valence-electron chi connectivity index (χ3n) is 5.27. The molecule has 33 heavy (non-hydrogen) atoms. The molecule has 4 aromatic rings. The lowest BCUT2D eigenvalue weighted by Gasteiger charge is -2.19. The molecular weight excluding hydrogens is 442 g/mol. The summed E-state index contributed by atoms with van der Waals surface area (Å²) in [5.41, 5.74) is 1.26. The molecule has 0 fully saturated rings. The zero-order chi connectivity index (χ0) is 22.9. The number of amides is 1. The number of fused-ring (bicyclic) bond motifs is 2. The maximum absolute atomic E-state index is 13.2. The van der Waals surface area contributed by atoms with E-state index in [9.17, 15) is 14.4 Å². The number of hydrogen-bond donors (Lipinski definition) is 1. The van der Waals surface area contributed by atoms with Crippen molar-refractivity contribution in [3.05, 3.63) is 82.5 Å². The van der Waals surface area contributed by atoms with Gasteiger partial charge in [0.15, 0.2) is 17.5 Å². The fourth-order valence-electron chi connectivity index (χ4n) is 3.62. The average Bonchev–Trinajstić information content (AvgIpc) is 3.34.